The van der Waals surface area contributed by atoms with Crippen molar-refractivity contribution in [1.29, 1.82) is 5.41 Å². The first-order valence-electron chi connectivity index (χ1n) is 7.56. The van der Waals surface area contributed by atoms with Gasteiger partial charge in [0.1, 0.15) is 11.6 Å². The Morgan fingerprint density at radius 3 is 2.64 bits per heavy atom. The summed E-state index contributed by atoms with van der Waals surface area (Å²) >= 11 is 0. The molecule has 0 saturated carbocycles. The molecule has 2 aromatic carbocycles. The van der Waals surface area contributed by atoms with Crippen molar-refractivity contribution in [2.75, 3.05) is 7.11 Å². The summed E-state index contributed by atoms with van der Waals surface area (Å²) in [6.07, 6.45) is 0.319. The van der Waals surface area contributed by atoms with Crippen LogP contribution in [0.5, 0.6) is 5.75 Å². The van der Waals surface area contributed by atoms with Crippen LogP contribution in [0.1, 0.15) is 11.1 Å². The number of halogens is 1. The second kappa shape index (κ2) is 6.64. The number of nitrogens with one attached hydrogen (secondary N) is 2. The van der Waals surface area contributed by atoms with Crippen LogP contribution in [0.3, 0.4) is 0 Å². The van der Waals surface area contributed by atoms with Gasteiger partial charge in [0.05, 0.1) is 12.8 Å². The zero-order chi connectivity index (χ0) is 18.0. The van der Waals surface area contributed by atoms with E-state index in [1.54, 1.807) is 19.2 Å². The lowest BCUT2D eigenvalue weighted by molar-refractivity contribution is 0.414. The van der Waals surface area contributed by atoms with Crippen molar-refractivity contribution >= 4 is 5.96 Å². The van der Waals surface area contributed by atoms with E-state index in [1.165, 1.54) is 12.1 Å². The average Bonchev–Trinajstić information content (AvgIpc) is 2.93. The maximum atomic E-state index is 13.2. The number of hydrogen-bond donors (Lipinski definition) is 3. The molecule has 128 valence electrons. The minimum Gasteiger partial charge on any atom is -0.497 e. The van der Waals surface area contributed by atoms with E-state index >= 15 is 0 Å². The van der Waals surface area contributed by atoms with Crippen LogP contribution in [-0.2, 0) is 6.42 Å². The fourth-order valence-electron chi connectivity index (χ4n) is 2.65. The van der Waals surface area contributed by atoms with Crippen LogP contribution in [0.15, 0.2) is 53.3 Å². The van der Waals surface area contributed by atoms with Gasteiger partial charge in [-0.25, -0.2) is 4.39 Å². The van der Waals surface area contributed by atoms with Gasteiger partial charge < -0.3 is 10.5 Å². The molecular weight excluding hydrogens is 323 g/mol. The van der Waals surface area contributed by atoms with E-state index in [9.17, 15) is 9.18 Å². The molecule has 25 heavy (non-hydrogen) atoms. The molecule has 0 aliphatic heterocycles. The Labute approximate surface area is 143 Å². The smallest absolute Gasteiger partial charge is 0.277 e. The molecule has 0 aliphatic rings. The molecule has 4 N–H and O–H groups in total. The van der Waals surface area contributed by atoms with E-state index in [0.29, 0.717) is 29.0 Å². The minimum absolute atomic E-state index is 0.319. The van der Waals surface area contributed by atoms with E-state index in [-0.39, 0.29) is 5.82 Å². The quantitative estimate of drug-likeness (QED) is 0.502. The molecule has 0 radical (unpaired) electrons. The number of nitrogens with zero attached hydrogens (tertiary/aromatic N) is 1. The zero-order valence-electron chi connectivity index (χ0n) is 13.5. The first-order valence-corrected chi connectivity index (χ1v) is 7.56. The second-order valence-electron chi connectivity index (χ2n) is 5.53. The van der Waals surface area contributed by atoms with Crippen LogP contribution in [0, 0.1) is 11.2 Å². The summed E-state index contributed by atoms with van der Waals surface area (Å²) in [5.74, 6) is -0.0973. The van der Waals surface area contributed by atoms with Crippen molar-refractivity contribution in [2.24, 2.45) is 5.73 Å². The third-order valence-corrected chi connectivity index (χ3v) is 3.88. The van der Waals surface area contributed by atoms with Gasteiger partial charge in [0.15, 0.2) is 0 Å². The molecule has 0 fully saturated rings. The lowest BCUT2D eigenvalue weighted by atomic mass is 10.0. The fraction of sp³-hybridized carbons (Fsp3) is 0.111. The highest BCUT2D eigenvalue weighted by atomic mass is 19.1. The average molecular weight is 340 g/mol. The SMILES string of the molecule is COc1cccc(Cc2c(-c3ccc(F)cc3)[nH]n(C(=N)N)c2=O)c1. The Bertz CT molecular complexity index is 973. The van der Waals surface area contributed by atoms with Gasteiger partial charge >= 0.3 is 0 Å². The third kappa shape index (κ3) is 3.30. The van der Waals surface area contributed by atoms with Crippen LogP contribution < -0.4 is 16.0 Å². The van der Waals surface area contributed by atoms with Gasteiger partial charge in [-0.15, -0.1) is 0 Å². The number of nitrogens with two attached hydrogens (primary N) is 1. The summed E-state index contributed by atoms with van der Waals surface area (Å²) in [6, 6.07) is 13.1. The molecule has 1 heterocycles. The highest BCUT2D eigenvalue weighted by Gasteiger charge is 2.17. The Morgan fingerprint density at radius 1 is 1.28 bits per heavy atom. The van der Waals surface area contributed by atoms with E-state index < -0.39 is 11.5 Å². The number of hydrogen-bond acceptors (Lipinski definition) is 3. The van der Waals surface area contributed by atoms with E-state index in [2.05, 4.69) is 5.10 Å². The third-order valence-electron chi connectivity index (χ3n) is 3.88. The van der Waals surface area contributed by atoms with Crippen molar-refractivity contribution in [3.63, 3.8) is 0 Å². The Kier molecular flexibility index (Phi) is 4.38. The zero-order valence-corrected chi connectivity index (χ0v) is 13.5. The Balaban J connectivity index is 2.11. The van der Waals surface area contributed by atoms with Crippen molar-refractivity contribution in [3.8, 4) is 17.0 Å². The molecule has 0 bridgehead atoms. The highest BCUT2D eigenvalue weighted by molar-refractivity contribution is 5.78. The summed E-state index contributed by atoms with van der Waals surface area (Å²) in [7, 11) is 1.57. The number of aromatic nitrogens is 2. The van der Waals surface area contributed by atoms with Gasteiger partial charge in [-0.1, -0.05) is 12.1 Å². The van der Waals surface area contributed by atoms with Crippen LogP contribution in [0.4, 0.5) is 4.39 Å². The number of H-pyrrole nitrogens is 1. The maximum absolute atomic E-state index is 13.2. The number of benzene rings is 2. The van der Waals surface area contributed by atoms with E-state index in [0.717, 1.165) is 10.2 Å². The fourth-order valence-corrected chi connectivity index (χ4v) is 2.65. The molecule has 0 unspecified atom stereocenters. The van der Waals surface area contributed by atoms with Crippen molar-refractivity contribution in [2.45, 2.75) is 6.42 Å². The summed E-state index contributed by atoms with van der Waals surface area (Å²) in [4.78, 5) is 12.6. The number of methoxy groups -OCH3 is 1. The van der Waals surface area contributed by atoms with Gasteiger partial charge in [-0.2, -0.15) is 4.68 Å². The monoisotopic (exact) mass is 340 g/mol. The molecule has 0 saturated heterocycles. The van der Waals surface area contributed by atoms with Crippen LogP contribution in [-0.4, -0.2) is 22.8 Å². The predicted octanol–water partition coefficient (Wildman–Crippen LogP) is 2.32. The van der Waals surface area contributed by atoms with Crippen LogP contribution in [0.2, 0.25) is 0 Å². The maximum Gasteiger partial charge on any atom is 0.277 e. The van der Waals surface area contributed by atoms with Crippen molar-refractivity contribution < 1.29 is 9.13 Å². The summed E-state index contributed by atoms with van der Waals surface area (Å²) in [5, 5.41) is 10.4. The largest absolute Gasteiger partial charge is 0.497 e. The molecule has 6 nitrogen and oxygen atoms in total. The summed E-state index contributed by atoms with van der Waals surface area (Å²) in [5.41, 5.74) is 7.51. The molecule has 0 amide bonds. The van der Waals surface area contributed by atoms with Crippen molar-refractivity contribution in [1.82, 2.24) is 9.78 Å². The first-order chi connectivity index (χ1) is 12.0. The minimum atomic E-state index is -0.412. The van der Waals surface area contributed by atoms with Gasteiger partial charge in [0.2, 0.25) is 5.96 Å². The normalized spacial score (nSPS) is 10.6. The van der Waals surface area contributed by atoms with Gasteiger partial charge in [-0.3, -0.25) is 15.3 Å². The Hall–Kier alpha value is -3.35. The van der Waals surface area contributed by atoms with E-state index in [1.807, 2.05) is 24.3 Å². The standard InChI is InChI=1S/C18H17FN4O2/c1-25-14-4-2-3-11(9-14)10-15-16(12-5-7-13(19)8-6-12)22-23(17(15)24)18(20)21/h2-9,22H,10H2,1H3,(H3,20,21). The van der Waals surface area contributed by atoms with Gasteiger partial charge in [0, 0.05) is 17.5 Å². The molecule has 3 rings (SSSR count). The number of nitrogen functional groups attached to an aromatic ring is 1. The predicted molar refractivity (Wildman–Crippen MR) is 93.6 cm³/mol. The first kappa shape index (κ1) is 16.5. The topological polar surface area (TPSA) is 96.9 Å². The summed E-state index contributed by atoms with van der Waals surface area (Å²) < 4.78 is 19.4. The molecule has 0 spiro atoms. The second-order valence-corrected chi connectivity index (χ2v) is 5.53. The number of rotatable bonds is 4. The number of ether oxygens (including phenoxy) is 1. The van der Waals surface area contributed by atoms with Crippen LogP contribution in [0.25, 0.3) is 11.3 Å². The Morgan fingerprint density at radius 2 is 2.00 bits per heavy atom. The molecular formula is C18H17FN4O2. The number of aromatic amines is 1. The molecule has 0 atom stereocenters. The lowest BCUT2D eigenvalue weighted by Gasteiger charge is -2.05. The highest BCUT2D eigenvalue weighted by Crippen LogP contribution is 2.23. The van der Waals surface area contributed by atoms with Gasteiger partial charge in [0.25, 0.3) is 5.56 Å². The summed E-state index contributed by atoms with van der Waals surface area (Å²) in [6.45, 7) is 0. The molecule has 1 aromatic heterocycles. The van der Waals surface area contributed by atoms with E-state index in [4.69, 9.17) is 15.9 Å². The molecule has 7 heteroatoms. The van der Waals surface area contributed by atoms with Crippen LogP contribution >= 0.6 is 0 Å². The lowest BCUT2D eigenvalue weighted by Crippen LogP contribution is -2.31. The van der Waals surface area contributed by atoms with Gasteiger partial charge in [-0.05, 0) is 42.0 Å². The molecule has 0 aliphatic carbocycles. The molecule has 3 aromatic rings. The van der Waals surface area contributed by atoms with Crippen molar-refractivity contribution in [3.05, 3.63) is 75.8 Å².